The van der Waals surface area contributed by atoms with Gasteiger partial charge in [0.2, 0.25) is 0 Å². The number of carbonyl (C=O) groups excluding carboxylic acids is 3. The highest BCUT2D eigenvalue weighted by Gasteiger charge is 2.19. The van der Waals surface area contributed by atoms with Crippen molar-refractivity contribution in [2.24, 2.45) is 0 Å². The summed E-state index contributed by atoms with van der Waals surface area (Å²) >= 11 is 0. The Labute approximate surface area is 390 Å². The van der Waals surface area contributed by atoms with E-state index in [0.29, 0.717) is 19.3 Å². The Morgan fingerprint density at radius 2 is 0.635 bits per heavy atom. The topological polar surface area (TPSA) is 78.9 Å². The molecule has 0 heterocycles. The van der Waals surface area contributed by atoms with Gasteiger partial charge >= 0.3 is 17.9 Å². The van der Waals surface area contributed by atoms with Crippen LogP contribution in [0.4, 0.5) is 0 Å². The van der Waals surface area contributed by atoms with Crippen molar-refractivity contribution in [2.75, 3.05) is 13.2 Å². The summed E-state index contributed by atoms with van der Waals surface area (Å²) < 4.78 is 16.8. The largest absolute Gasteiger partial charge is 0.462 e. The Bertz CT molecular complexity index is 1110. The molecule has 6 nitrogen and oxygen atoms in total. The minimum Gasteiger partial charge on any atom is -0.462 e. The highest BCUT2D eigenvalue weighted by atomic mass is 16.6. The van der Waals surface area contributed by atoms with Crippen molar-refractivity contribution >= 4 is 17.9 Å². The minimum absolute atomic E-state index is 0.0788. The molecule has 0 N–H and O–H groups in total. The molecular weight excluding hydrogens is 781 g/mol. The summed E-state index contributed by atoms with van der Waals surface area (Å²) in [5.74, 6) is -0.894. The number of allylic oxidation sites excluding steroid dienone is 8. The van der Waals surface area contributed by atoms with Gasteiger partial charge in [-0.3, -0.25) is 14.4 Å². The number of hydrogen-bond donors (Lipinski definition) is 0. The van der Waals surface area contributed by atoms with E-state index in [1.165, 1.54) is 154 Å². The maximum atomic E-state index is 12.8. The lowest BCUT2D eigenvalue weighted by Crippen LogP contribution is -2.30. The molecular formula is C57H102O6. The normalized spacial score (nSPS) is 12.4. The van der Waals surface area contributed by atoms with Crippen molar-refractivity contribution in [3.05, 3.63) is 48.6 Å². The molecule has 366 valence electrons. The zero-order valence-corrected chi connectivity index (χ0v) is 41.8. The standard InChI is InChI=1S/C57H102O6/c1-4-7-10-13-16-19-22-25-27-28-30-32-35-38-41-44-47-50-56(59)62-53-54(52-61-55(58)49-46-43-40-37-34-31-24-21-18-15-12-9-6-3)63-57(60)51-48-45-42-39-36-33-29-26-23-20-17-14-11-8-5-2/h9,12,15,18,20-21,23-24,54H,4-8,10-11,13-14,16-17,19,22,25-53H2,1-3H3/b12-9+,18-15+,23-20+,24-21+. The first kappa shape index (κ1) is 60.4. The Morgan fingerprint density at radius 3 is 1.02 bits per heavy atom. The van der Waals surface area contributed by atoms with E-state index in [1.54, 1.807) is 0 Å². The molecule has 0 aliphatic carbocycles. The third kappa shape index (κ3) is 50.2. The Morgan fingerprint density at radius 1 is 0.333 bits per heavy atom. The van der Waals surface area contributed by atoms with Crippen LogP contribution >= 0.6 is 0 Å². The van der Waals surface area contributed by atoms with Gasteiger partial charge in [0.15, 0.2) is 6.10 Å². The molecule has 1 atom stereocenters. The van der Waals surface area contributed by atoms with E-state index in [4.69, 9.17) is 14.2 Å². The number of carbonyl (C=O) groups is 3. The Kier molecular flexibility index (Phi) is 49.8. The third-order valence-electron chi connectivity index (χ3n) is 11.9. The lowest BCUT2D eigenvalue weighted by Gasteiger charge is -2.18. The van der Waals surface area contributed by atoms with E-state index in [0.717, 1.165) is 83.5 Å². The minimum atomic E-state index is -0.781. The maximum absolute atomic E-state index is 12.8. The van der Waals surface area contributed by atoms with E-state index in [1.807, 2.05) is 0 Å². The molecule has 0 fully saturated rings. The molecule has 0 bridgehead atoms. The van der Waals surface area contributed by atoms with Gasteiger partial charge in [-0.05, 0) is 64.2 Å². The molecule has 0 saturated heterocycles. The number of esters is 3. The van der Waals surface area contributed by atoms with Crippen LogP contribution in [-0.2, 0) is 28.6 Å². The average Bonchev–Trinajstić information content (AvgIpc) is 3.28. The predicted molar refractivity (Wildman–Crippen MR) is 270 cm³/mol. The fraction of sp³-hybridized carbons (Fsp3) is 0.807. The van der Waals surface area contributed by atoms with Crippen LogP contribution in [0.15, 0.2) is 48.6 Å². The summed E-state index contributed by atoms with van der Waals surface area (Å²) in [4.78, 5) is 38.0. The molecule has 0 saturated carbocycles. The molecule has 6 heteroatoms. The lowest BCUT2D eigenvalue weighted by atomic mass is 10.0. The fourth-order valence-corrected chi connectivity index (χ4v) is 7.79. The summed E-state index contributed by atoms with van der Waals surface area (Å²) in [5, 5.41) is 0. The second-order valence-electron chi connectivity index (χ2n) is 18.2. The summed E-state index contributed by atoms with van der Waals surface area (Å²) in [5.41, 5.74) is 0. The second-order valence-corrected chi connectivity index (χ2v) is 18.2. The van der Waals surface area contributed by atoms with Crippen LogP contribution in [0, 0.1) is 0 Å². The molecule has 0 aliphatic heterocycles. The zero-order valence-electron chi connectivity index (χ0n) is 41.8. The predicted octanol–water partition coefficient (Wildman–Crippen LogP) is 17.9. The first-order valence-electron chi connectivity index (χ1n) is 27.2. The van der Waals surface area contributed by atoms with Gasteiger partial charge in [-0.25, -0.2) is 0 Å². The maximum Gasteiger partial charge on any atom is 0.306 e. The van der Waals surface area contributed by atoms with Crippen LogP contribution in [0.1, 0.15) is 278 Å². The third-order valence-corrected chi connectivity index (χ3v) is 11.9. The Balaban J connectivity index is 4.36. The van der Waals surface area contributed by atoms with Crippen molar-refractivity contribution in [3.8, 4) is 0 Å². The summed E-state index contributed by atoms with van der Waals surface area (Å²) in [6, 6.07) is 0. The van der Waals surface area contributed by atoms with Gasteiger partial charge in [-0.1, -0.05) is 243 Å². The van der Waals surface area contributed by atoms with Crippen molar-refractivity contribution < 1.29 is 28.6 Å². The molecule has 0 amide bonds. The van der Waals surface area contributed by atoms with Gasteiger partial charge in [-0.15, -0.1) is 0 Å². The van der Waals surface area contributed by atoms with E-state index in [2.05, 4.69) is 69.4 Å². The van der Waals surface area contributed by atoms with Crippen molar-refractivity contribution in [1.29, 1.82) is 0 Å². The second kappa shape index (κ2) is 52.0. The van der Waals surface area contributed by atoms with Crippen molar-refractivity contribution in [2.45, 2.75) is 284 Å². The Hall–Kier alpha value is -2.63. The van der Waals surface area contributed by atoms with Gasteiger partial charge < -0.3 is 14.2 Å². The van der Waals surface area contributed by atoms with Gasteiger partial charge in [0.05, 0.1) is 0 Å². The number of hydrogen-bond acceptors (Lipinski definition) is 6. The fourth-order valence-electron chi connectivity index (χ4n) is 7.79. The van der Waals surface area contributed by atoms with Crippen LogP contribution < -0.4 is 0 Å². The molecule has 63 heavy (non-hydrogen) atoms. The van der Waals surface area contributed by atoms with Crippen molar-refractivity contribution in [3.63, 3.8) is 0 Å². The lowest BCUT2D eigenvalue weighted by molar-refractivity contribution is -0.167. The highest BCUT2D eigenvalue weighted by molar-refractivity contribution is 5.71. The van der Waals surface area contributed by atoms with E-state index >= 15 is 0 Å². The van der Waals surface area contributed by atoms with Gasteiger partial charge in [0, 0.05) is 19.3 Å². The van der Waals surface area contributed by atoms with Crippen LogP contribution in [-0.4, -0.2) is 37.2 Å². The van der Waals surface area contributed by atoms with Crippen LogP contribution in [0.5, 0.6) is 0 Å². The van der Waals surface area contributed by atoms with Crippen LogP contribution in [0.3, 0.4) is 0 Å². The highest BCUT2D eigenvalue weighted by Crippen LogP contribution is 2.16. The number of rotatable bonds is 49. The van der Waals surface area contributed by atoms with Crippen LogP contribution in [0.25, 0.3) is 0 Å². The van der Waals surface area contributed by atoms with E-state index in [-0.39, 0.29) is 31.1 Å². The van der Waals surface area contributed by atoms with Gasteiger partial charge in [-0.2, -0.15) is 0 Å². The number of unbranched alkanes of at least 4 members (excludes halogenated alkanes) is 32. The molecule has 0 aliphatic rings. The summed E-state index contributed by atoms with van der Waals surface area (Å²) in [6.45, 7) is 6.50. The average molecular weight is 883 g/mol. The number of ether oxygens (including phenoxy) is 3. The van der Waals surface area contributed by atoms with E-state index in [9.17, 15) is 14.4 Å². The summed E-state index contributed by atoms with van der Waals surface area (Å²) in [7, 11) is 0. The quantitative estimate of drug-likeness (QED) is 0.0199. The smallest absolute Gasteiger partial charge is 0.306 e. The molecule has 0 aromatic heterocycles. The van der Waals surface area contributed by atoms with Crippen LogP contribution in [0.2, 0.25) is 0 Å². The first-order chi connectivity index (χ1) is 31.0. The molecule has 0 aromatic rings. The molecule has 0 rings (SSSR count). The molecule has 0 spiro atoms. The first-order valence-corrected chi connectivity index (χ1v) is 27.2. The molecule has 1 unspecified atom stereocenters. The molecule has 0 aromatic carbocycles. The SMILES string of the molecule is CC/C=C/C=C/C=C/CCCCCCCC(=O)OCC(COC(=O)CCCCCCCCCCCCCCCCCCC)OC(=O)CCCCCCCCC/C=C/CCCCCC. The molecule has 0 radical (unpaired) electrons. The van der Waals surface area contributed by atoms with Gasteiger partial charge in [0.25, 0.3) is 0 Å². The van der Waals surface area contributed by atoms with E-state index < -0.39 is 6.10 Å². The van der Waals surface area contributed by atoms with Crippen molar-refractivity contribution in [1.82, 2.24) is 0 Å². The summed E-state index contributed by atoms with van der Waals surface area (Å²) in [6.07, 6.45) is 62.4. The van der Waals surface area contributed by atoms with Gasteiger partial charge in [0.1, 0.15) is 13.2 Å². The monoisotopic (exact) mass is 883 g/mol. The zero-order chi connectivity index (χ0) is 45.8.